The van der Waals surface area contributed by atoms with Crippen molar-refractivity contribution in [3.8, 4) is 5.75 Å². The molecule has 0 fully saturated rings. The van der Waals surface area contributed by atoms with E-state index < -0.39 is 17.9 Å². The van der Waals surface area contributed by atoms with E-state index in [4.69, 9.17) is 15.2 Å². The fraction of sp³-hybridized carbons (Fsp3) is 0.429. The molecule has 0 radical (unpaired) electrons. The van der Waals surface area contributed by atoms with E-state index >= 15 is 0 Å². The molecule has 1 aromatic carbocycles. The van der Waals surface area contributed by atoms with Gasteiger partial charge in [0, 0.05) is 5.56 Å². The van der Waals surface area contributed by atoms with E-state index in [0.29, 0.717) is 5.75 Å². The molecule has 0 spiro atoms. The number of carbonyl (C=O) groups is 2. The summed E-state index contributed by atoms with van der Waals surface area (Å²) in [5.74, 6) is -0.663. The minimum atomic E-state index is -1.33. The normalized spacial score (nSPS) is 13.2. The summed E-state index contributed by atoms with van der Waals surface area (Å²) in [5.41, 5.74) is 6.33. The van der Waals surface area contributed by atoms with Gasteiger partial charge < -0.3 is 20.5 Å². The molecule has 0 heterocycles. The first-order chi connectivity index (χ1) is 9.51. The molecule has 0 aliphatic rings. The number of nitrogens with one attached hydrogen (secondary N) is 1. The van der Waals surface area contributed by atoms with Crippen molar-refractivity contribution in [2.45, 2.75) is 25.9 Å². The predicted molar refractivity (Wildman–Crippen MR) is 74.2 cm³/mol. The van der Waals surface area contributed by atoms with Crippen molar-refractivity contribution in [1.29, 1.82) is 0 Å². The van der Waals surface area contributed by atoms with Gasteiger partial charge in [-0.3, -0.25) is 4.79 Å². The molecule has 20 heavy (non-hydrogen) atoms. The Labute approximate surface area is 118 Å². The number of benzene rings is 1. The van der Waals surface area contributed by atoms with Gasteiger partial charge in [0.15, 0.2) is 6.04 Å². The third kappa shape index (κ3) is 3.96. The van der Waals surface area contributed by atoms with E-state index in [1.54, 1.807) is 27.0 Å². The van der Waals surface area contributed by atoms with Crippen LogP contribution < -0.4 is 15.8 Å². The molecule has 0 saturated heterocycles. The van der Waals surface area contributed by atoms with Crippen molar-refractivity contribution in [1.82, 2.24) is 5.32 Å². The van der Waals surface area contributed by atoms with Crippen LogP contribution in [0.4, 0.5) is 0 Å². The van der Waals surface area contributed by atoms with Gasteiger partial charge in [-0.15, -0.1) is 0 Å². The lowest BCUT2D eigenvalue weighted by molar-refractivity contribution is -0.148. The zero-order valence-corrected chi connectivity index (χ0v) is 11.9. The van der Waals surface area contributed by atoms with Gasteiger partial charge in [-0.1, -0.05) is 18.2 Å². The highest BCUT2D eigenvalue weighted by molar-refractivity contribution is 6.01. The smallest absolute Gasteiger partial charge is 0.332 e. The van der Waals surface area contributed by atoms with Crippen LogP contribution in [-0.4, -0.2) is 31.6 Å². The van der Waals surface area contributed by atoms with E-state index in [1.165, 1.54) is 0 Å². The molecule has 110 valence electrons. The summed E-state index contributed by atoms with van der Waals surface area (Å²) >= 11 is 0. The Balaban J connectivity index is 2.72. The molecule has 3 N–H and O–H groups in total. The third-order valence-corrected chi connectivity index (χ3v) is 2.79. The van der Waals surface area contributed by atoms with Crippen LogP contribution in [0, 0.1) is 0 Å². The highest BCUT2D eigenvalue weighted by Crippen LogP contribution is 2.24. The molecule has 0 saturated carbocycles. The number of esters is 1. The molecule has 0 aliphatic heterocycles. The molecular weight excluding hydrogens is 260 g/mol. The molecule has 0 aromatic heterocycles. The van der Waals surface area contributed by atoms with Crippen LogP contribution in [0.3, 0.4) is 0 Å². The average Bonchev–Trinajstić information content (AvgIpc) is 2.46. The number of nitrogens with two attached hydrogens (primary N) is 1. The monoisotopic (exact) mass is 280 g/mol. The Kier molecular flexibility index (Phi) is 5.99. The number of para-hydroxylation sites is 1. The number of hydrogen-bond donors (Lipinski definition) is 2. The highest BCUT2D eigenvalue weighted by atomic mass is 16.5. The van der Waals surface area contributed by atoms with Gasteiger partial charge in [0.2, 0.25) is 5.91 Å². The van der Waals surface area contributed by atoms with Crippen molar-refractivity contribution in [3.63, 3.8) is 0 Å². The van der Waals surface area contributed by atoms with Gasteiger partial charge in [0.05, 0.1) is 19.8 Å². The summed E-state index contributed by atoms with van der Waals surface area (Å²) in [4.78, 5) is 23.3. The fourth-order valence-electron chi connectivity index (χ4n) is 1.74. The molecule has 6 heteroatoms. The van der Waals surface area contributed by atoms with Crippen molar-refractivity contribution in [2.75, 3.05) is 13.7 Å². The number of rotatable bonds is 6. The van der Waals surface area contributed by atoms with Gasteiger partial charge in [-0.2, -0.15) is 0 Å². The Morgan fingerprint density at radius 2 is 2.00 bits per heavy atom. The van der Waals surface area contributed by atoms with Gasteiger partial charge in [-0.25, -0.2) is 4.79 Å². The lowest BCUT2D eigenvalue weighted by Gasteiger charge is -2.19. The number of amides is 1. The maximum atomic E-state index is 11.9. The van der Waals surface area contributed by atoms with Crippen molar-refractivity contribution in [2.24, 2.45) is 5.73 Å². The summed E-state index contributed by atoms with van der Waals surface area (Å²) in [6.07, 6.45) is 0. The highest BCUT2D eigenvalue weighted by Gasteiger charge is 2.25. The van der Waals surface area contributed by atoms with Crippen molar-refractivity contribution >= 4 is 11.9 Å². The van der Waals surface area contributed by atoms with E-state index in [-0.39, 0.29) is 12.6 Å². The predicted octanol–water partition coefficient (Wildman–Crippen LogP) is 0.763. The van der Waals surface area contributed by atoms with Crippen LogP contribution in [-0.2, 0) is 14.3 Å². The molecule has 1 rings (SSSR count). The number of ether oxygens (including phenoxy) is 2. The van der Waals surface area contributed by atoms with Crippen LogP contribution in [0.2, 0.25) is 0 Å². The zero-order chi connectivity index (χ0) is 15.1. The molecule has 0 bridgehead atoms. The number of hydrogen-bond acceptors (Lipinski definition) is 5. The lowest BCUT2D eigenvalue weighted by atomic mass is 10.1. The maximum absolute atomic E-state index is 11.9. The Bertz CT molecular complexity index is 476. The first-order valence-electron chi connectivity index (χ1n) is 6.36. The second-order valence-corrected chi connectivity index (χ2v) is 4.20. The zero-order valence-electron chi connectivity index (χ0n) is 11.9. The minimum absolute atomic E-state index is 0.182. The third-order valence-electron chi connectivity index (χ3n) is 2.79. The maximum Gasteiger partial charge on any atom is 0.332 e. The van der Waals surface area contributed by atoms with Crippen LogP contribution in [0.25, 0.3) is 0 Å². The molecule has 1 amide bonds. The van der Waals surface area contributed by atoms with E-state index in [9.17, 15) is 9.59 Å². The van der Waals surface area contributed by atoms with E-state index in [2.05, 4.69) is 5.32 Å². The summed E-state index contributed by atoms with van der Waals surface area (Å²) < 4.78 is 9.93. The van der Waals surface area contributed by atoms with Crippen LogP contribution in [0.1, 0.15) is 25.5 Å². The Morgan fingerprint density at radius 3 is 2.60 bits per heavy atom. The molecule has 0 aliphatic carbocycles. The Hall–Kier alpha value is -2.08. The average molecular weight is 280 g/mol. The van der Waals surface area contributed by atoms with Crippen molar-refractivity contribution < 1.29 is 19.1 Å². The summed E-state index contributed by atoms with van der Waals surface area (Å²) in [7, 11) is 1.55. The standard InChI is InChI=1S/C14H20N2O4/c1-4-20-14(18)12(15)13(17)16-9(2)10-7-5-6-8-11(10)19-3/h5-9,12H,4,15H2,1-3H3,(H,16,17)/t9-,12?/m0/s1. The van der Waals surface area contributed by atoms with Gasteiger partial charge in [-0.05, 0) is 19.9 Å². The lowest BCUT2D eigenvalue weighted by Crippen LogP contribution is -2.47. The Morgan fingerprint density at radius 1 is 1.35 bits per heavy atom. The van der Waals surface area contributed by atoms with Gasteiger partial charge >= 0.3 is 5.97 Å². The molecule has 6 nitrogen and oxygen atoms in total. The fourth-order valence-corrected chi connectivity index (χ4v) is 1.74. The second kappa shape index (κ2) is 7.49. The topological polar surface area (TPSA) is 90.7 Å². The summed E-state index contributed by atoms with van der Waals surface area (Å²) in [5, 5.41) is 2.67. The van der Waals surface area contributed by atoms with Crippen LogP contribution in [0.15, 0.2) is 24.3 Å². The summed E-state index contributed by atoms with van der Waals surface area (Å²) in [6.45, 7) is 3.62. The van der Waals surface area contributed by atoms with Gasteiger partial charge in [0.1, 0.15) is 5.75 Å². The quantitative estimate of drug-likeness (QED) is 0.593. The molecule has 1 aromatic rings. The molecule has 1 unspecified atom stereocenters. The SMILES string of the molecule is CCOC(=O)C(N)C(=O)N[C@@H](C)c1ccccc1OC. The van der Waals surface area contributed by atoms with Crippen LogP contribution in [0.5, 0.6) is 5.75 Å². The number of carbonyl (C=O) groups excluding carboxylic acids is 2. The first-order valence-corrected chi connectivity index (χ1v) is 6.36. The molecule has 2 atom stereocenters. The number of methoxy groups -OCH3 is 1. The molecular formula is C14H20N2O4. The van der Waals surface area contributed by atoms with E-state index in [1.807, 2.05) is 18.2 Å². The van der Waals surface area contributed by atoms with Gasteiger partial charge in [0.25, 0.3) is 0 Å². The summed E-state index contributed by atoms with van der Waals surface area (Å²) in [6, 6.07) is 5.64. The first kappa shape index (κ1) is 16.0. The van der Waals surface area contributed by atoms with Crippen LogP contribution >= 0.6 is 0 Å². The second-order valence-electron chi connectivity index (χ2n) is 4.20. The largest absolute Gasteiger partial charge is 0.496 e. The van der Waals surface area contributed by atoms with Crippen molar-refractivity contribution in [3.05, 3.63) is 29.8 Å². The minimum Gasteiger partial charge on any atom is -0.496 e. The van der Waals surface area contributed by atoms with E-state index in [0.717, 1.165) is 5.56 Å².